The van der Waals surface area contributed by atoms with E-state index in [4.69, 9.17) is 14.2 Å². The average molecular weight is 459 g/mol. The first-order valence-electron chi connectivity index (χ1n) is 10.9. The summed E-state index contributed by atoms with van der Waals surface area (Å²) in [6, 6.07) is 22.0. The van der Waals surface area contributed by atoms with Crippen molar-refractivity contribution in [2.75, 3.05) is 20.8 Å². The van der Waals surface area contributed by atoms with Crippen molar-refractivity contribution in [1.82, 2.24) is 5.01 Å². The monoisotopic (exact) mass is 458 g/mol. The molecule has 0 aromatic heterocycles. The Morgan fingerprint density at radius 1 is 0.941 bits per heavy atom. The largest absolute Gasteiger partial charge is 0.497 e. The summed E-state index contributed by atoms with van der Waals surface area (Å²) >= 11 is 0. The number of carbonyl (C=O) groups is 2. The van der Waals surface area contributed by atoms with E-state index in [1.54, 1.807) is 25.3 Å². The van der Waals surface area contributed by atoms with Crippen LogP contribution in [0.4, 0.5) is 0 Å². The highest BCUT2D eigenvalue weighted by Gasteiger charge is 2.33. The van der Waals surface area contributed by atoms with Crippen LogP contribution < -0.4 is 14.2 Å². The molecule has 7 heteroatoms. The average Bonchev–Trinajstić information content (AvgIpc) is 3.33. The lowest BCUT2D eigenvalue weighted by Gasteiger charge is -2.22. The Kier molecular flexibility index (Phi) is 6.92. The van der Waals surface area contributed by atoms with Gasteiger partial charge in [-0.1, -0.05) is 42.5 Å². The van der Waals surface area contributed by atoms with E-state index in [-0.39, 0.29) is 24.3 Å². The summed E-state index contributed by atoms with van der Waals surface area (Å²) in [6.07, 6.45) is 0.582. The third-order valence-corrected chi connectivity index (χ3v) is 5.69. The number of hydrazone groups is 1. The molecule has 0 fully saturated rings. The van der Waals surface area contributed by atoms with Gasteiger partial charge in [0.15, 0.2) is 23.9 Å². The molecule has 0 N–H and O–H groups in total. The van der Waals surface area contributed by atoms with E-state index < -0.39 is 0 Å². The molecule has 4 rings (SSSR count). The van der Waals surface area contributed by atoms with Crippen LogP contribution in [0.1, 0.15) is 40.9 Å². The van der Waals surface area contributed by atoms with Crippen LogP contribution in [0.3, 0.4) is 0 Å². The van der Waals surface area contributed by atoms with Gasteiger partial charge in [0.2, 0.25) is 0 Å². The molecule has 0 saturated heterocycles. The molecule has 0 spiro atoms. The molecule has 0 saturated carbocycles. The zero-order valence-corrected chi connectivity index (χ0v) is 19.4. The summed E-state index contributed by atoms with van der Waals surface area (Å²) < 4.78 is 16.4. The standard InChI is InChI=1S/C27H26N2O5/c1-18(30)21-11-14-25(26(15-21)33-3)34-17-27(31)29-24(20-9-12-22(32-2)13-10-20)16-23(28-29)19-7-5-4-6-8-19/h4-15,24H,16-17H2,1-3H3. The van der Waals surface area contributed by atoms with Gasteiger partial charge in [-0.15, -0.1) is 0 Å². The number of rotatable bonds is 8. The minimum Gasteiger partial charge on any atom is -0.497 e. The van der Waals surface area contributed by atoms with Gasteiger partial charge in [0.05, 0.1) is 26.0 Å². The molecule has 0 radical (unpaired) electrons. The van der Waals surface area contributed by atoms with Crippen molar-refractivity contribution < 1.29 is 23.8 Å². The molecule has 0 bridgehead atoms. The summed E-state index contributed by atoms with van der Waals surface area (Å²) in [6.45, 7) is 1.25. The normalized spacial score (nSPS) is 15.0. The van der Waals surface area contributed by atoms with Crippen molar-refractivity contribution >= 4 is 17.4 Å². The predicted octanol–water partition coefficient (Wildman–Crippen LogP) is 4.66. The molecule has 1 heterocycles. The van der Waals surface area contributed by atoms with Crippen LogP contribution in [0.25, 0.3) is 0 Å². The van der Waals surface area contributed by atoms with E-state index in [1.165, 1.54) is 19.0 Å². The molecular weight excluding hydrogens is 432 g/mol. The van der Waals surface area contributed by atoms with Gasteiger partial charge in [-0.3, -0.25) is 9.59 Å². The van der Waals surface area contributed by atoms with Crippen LogP contribution in [-0.2, 0) is 4.79 Å². The lowest BCUT2D eigenvalue weighted by Crippen LogP contribution is -2.31. The molecule has 1 amide bonds. The lowest BCUT2D eigenvalue weighted by molar-refractivity contribution is -0.135. The second-order valence-corrected chi connectivity index (χ2v) is 7.85. The van der Waals surface area contributed by atoms with Crippen LogP contribution >= 0.6 is 0 Å². The zero-order chi connectivity index (χ0) is 24.1. The Balaban J connectivity index is 1.57. The predicted molar refractivity (Wildman–Crippen MR) is 129 cm³/mol. The highest BCUT2D eigenvalue weighted by Crippen LogP contribution is 2.34. The number of nitrogens with zero attached hydrogens (tertiary/aromatic N) is 2. The van der Waals surface area contributed by atoms with Gasteiger partial charge in [-0.2, -0.15) is 5.10 Å². The van der Waals surface area contributed by atoms with Crippen molar-refractivity contribution in [3.05, 3.63) is 89.5 Å². The third kappa shape index (κ3) is 4.93. The van der Waals surface area contributed by atoms with Crippen LogP contribution in [0.2, 0.25) is 0 Å². The Bertz CT molecular complexity index is 1210. The number of ketones is 1. The number of amides is 1. The van der Waals surface area contributed by atoms with Gasteiger partial charge < -0.3 is 14.2 Å². The van der Waals surface area contributed by atoms with E-state index >= 15 is 0 Å². The summed E-state index contributed by atoms with van der Waals surface area (Å²) in [5.74, 6) is 1.15. The van der Waals surface area contributed by atoms with Gasteiger partial charge in [0.1, 0.15) is 5.75 Å². The van der Waals surface area contributed by atoms with E-state index in [1.807, 2.05) is 54.6 Å². The first-order valence-corrected chi connectivity index (χ1v) is 10.9. The molecule has 1 atom stereocenters. The fourth-order valence-corrected chi connectivity index (χ4v) is 3.84. The highest BCUT2D eigenvalue weighted by atomic mass is 16.5. The molecule has 1 aliphatic heterocycles. The second-order valence-electron chi connectivity index (χ2n) is 7.85. The number of methoxy groups -OCH3 is 2. The zero-order valence-electron chi connectivity index (χ0n) is 19.4. The van der Waals surface area contributed by atoms with Crippen molar-refractivity contribution in [3.8, 4) is 17.2 Å². The lowest BCUT2D eigenvalue weighted by atomic mass is 9.98. The summed E-state index contributed by atoms with van der Waals surface area (Å²) in [5, 5.41) is 6.15. The fraction of sp³-hybridized carbons (Fsp3) is 0.222. The molecule has 7 nitrogen and oxygen atoms in total. The van der Waals surface area contributed by atoms with E-state index in [0.717, 1.165) is 22.6 Å². The van der Waals surface area contributed by atoms with Crippen LogP contribution in [0, 0.1) is 0 Å². The summed E-state index contributed by atoms with van der Waals surface area (Å²) in [7, 11) is 3.11. The van der Waals surface area contributed by atoms with E-state index in [2.05, 4.69) is 5.10 Å². The number of benzene rings is 3. The maximum absolute atomic E-state index is 13.3. The minimum absolute atomic E-state index is 0.0805. The highest BCUT2D eigenvalue weighted by molar-refractivity contribution is 6.03. The molecule has 34 heavy (non-hydrogen) atoms. The van der Waals surface area contributed by atoms with Gasteiger partial charge >= 0.3 is 0 Å². The molecule has 1 unspecified atom stereocenters. The van der Waals surface area contributed by atoms with Crippen LogP contribution in [0.5, 0.6) is 17.2 Å². The SMILES string of the molecule is COc1ccc(C2CC(c3ccccc3)=NN2C(=O)COc2ccc(C(C)=O)cc2OC)cc1. The number of hydrogen-bond donors (Lipinski definition) is 0. The van der Waals surface area contributed by atoms with Crippen molar-refractivity contribution in [1.29, 1.82) is 0 Å². The van der Waals surface area contributed by atoms with Crippen molar-refractivity contribution in [2.24, 2.45) is 5.10 Å². The Morgan fingerprint density at radius 3 is 2.32 bits per heavy atom. The topological polar surface area (TPSA) is 77.4 Å². The first kappa shape index (κ1) is 23.0. The summed E-state index contributed by atoms with van der Waals surface area (Å²) in [5.41, 5.74) is 3.26. The Morgan fingerprint density at radius 2 is 1.68 bits per heavy atom. The van der Waals surface area contributed by atoms with Gasteiger partial charge in [-0.25, -0.2) is 5.01 Å². The molecule has 1 aliphatic rings. The molecule has 3 aromatic rings. The molecule has 3 aromatic carbocycles. The van der Waals surface area contributed by atoms with Crippen molar-refractivity contribution in [2.45, 2.75) is 19.4 Å². The minimum atomic E-state index is -0.288. The van der Waals surface area contributed by atoms with Gasteiger partial charge in [0, 0.05) is 12.0 Å². The number of ether oxygens (including phenoxy) is 3. The van der Waals surface area contributed by atoms with Crippen LogP contribution in [0.15, 0.2) is 77.9 Å². The number of hydrogen-bond acceptors (Lipinski definition) is 6. The van der Waals surface area contributed by atoms with Gasteiger partial charge in [0.25, 0.3) is 5.91 Å². The number of carbonyl (C=O) groups excluding carboxylic acids is 2. The van der Waals surface area contributed by atoms with E-state index in [9.17, 15) is 9.59 Å². The second kappa shape index (κ2) is 10.2. The van der Waals surface area contributed by atoms with Gasteiger partial charge in [-0.05, 0) is 48.4 Å². The third-order valence-electron chi connectivity index (χ3n) is 5.69. The molecule has 174 valence electrons. The molecular formula is C27H26N2O5. The summed E-state index contributed by atoms with van der Waals surface area (Å²) in [4.78, 5) is 24.9. The number of Topliss-reactive ketones (excluding diaryl/α,β-unsaturated/α-hetero) is 1. The Labute approximate surface area is 198 Å². The van der Waals surface area contributed by atoms with E-state index in [0.29, 0.717) is 23.5 Å². The van der Waals surface area contributed by atoms with Crippen molar-refractivity contribution in [3.63, 3.8) is 0 Å². The fourth-order valence-electron chi connectivity index (χ4n) is 3.84. The smallest absolute Gasteiger partial charge is 0.281 e. The van der Waals surface area contributed by atoms with Crippen LogP contribution in [-0.4, -0.2) is 43.2 Å². The maximum Gasteiger partial charge on any atom is 0.281 e. The Hall–Kier alpha value is -4.13. The molecule has 0 aliphatic carbocycles. The maximum atomic E-state index is 13.3. The first-order chi connectivity index (χ1) is 16.5. The quantitative estimate of drug-likeness (QED) is 0.459.